The lowest BCUT2D eigenvalue weighted by atomic mass is 9.91. The molecule has 0 spiro atoms. The van der Waals surface area contributed by atoms with Crippen molar-refractivity contribution in [2.24, 2.45) is 5.92 Å². The first-order chi connectivity index (χ1) is 10.0. The molecular weight excluding hydrogens is 286 g/mol. The molecule has 116 valence electrons. The summed E-state index contributed by atoms with van der Waals surface area (Å²) in [6.45, 7) is 0.967. The number of hydrogen-bond acceptors (Lipinski definition) is 4. The van der Waals surface area contributed by atoms with Crippen molar-refractivity contribution in [2.75, 3.05) is 24.2 Å². The molecule has 3 rings (SSSR count). The van der Waals surface area contributed by atoms with E-state index in [1.54, 1.807) is 18.2 Å². The largest absolute Gasteiger partial charge is 0.397 e. The summed E-state index contributed by atoms with van der Waals surface area (Å²) in [5.74, 6) is 0.739. The smallest absolute Gasteiger partial charge is 0.240 e. The number of rotatable bonds is 3. The molecule has 0 radical (unpaired) electrons. The van der Waals surface area contributed by atoms with Gasteiger partial charge in [0.25, 0.3) is 0 Å². The molecule has 1 aromatic rings. The number of piperidine rings is 1. The molecule has 1 aliphatic heterocycles. The van der Waals surface area contributed by atoms with Gasteiger partial charge in [0.1, 0.15) is 0 Å². The molecule has 21 heavy (non-hydrogen) atoms. The van der Waals surface area contributed by atoms with Crippen LogP contribution in [-0.2, 0) is 10.0 Å². The third kappa shape index (κ3) is 2.62. The van der Waals surface area contributed by atoms with E-state index in [4.69, 9.17) is 5.73 Å². The Morgan fingerprint density at radius 1 is 1.24 bits per heavy atom. The maximum Gasteiger partial charge on any atom is 0.240 e. The molecule has 0 aromatic heterocycles. The van der Waals surface area contributed by atoms with Crippen molar-refractivity contribution >= 4 is 21.4 Å². The first-order valence-corrected chi connectivity index (χ1v) is 9.11. The Hall–Kier alpha value is -1.27. The van der Waals surface area contributed by atoms with Crippen molar-refractivity contribution in [1.29, 1.82) is 0 Å². The molecule has 2 atom stereocenters. The van der Waals surface area contributed by atoms with Gasteiger partial charge in [-0.25, -0.2) is 13.1 Å². The fraction of sp³-hybridized carbons (Fsp3) is 0.600. The molecule has 3 N–H and O–H groups in total. The van der Waals surface area contributed by atoms with E-state index in [9.17, 15) is 8.42 Å². The van der Waals surface area contributed by atoms with E-state index < -0.39 is 10.0 Å². The van der Waals surface area contributed by atoms with E-state index >= 15 is 0 Å². The number of nitrogen functional groups attached to an aromatic ring is 1. The lowest BCUT2D eigenvalue weighted by Gasteiger charge is -2.40. The Labute approximate surface area is 126 Å². The third-order valence-electron chi connectivity index (χ3n) is 4.88. The maximum absolute atomic E-state index is 12.0. The van der Waals surface area contributed by atoms with Crippen molar-refractivity contribution in [3.63, 3.8) is 0 Å². The Balaban J connectivity index is 1.99. The van der Waals surface area contributed by atoms with Crippen LogP contribution in [0.3, 0.4) is 0 Å². The summed E-state index contributed by atoms with van der Waals surface area (Å²) in [4.78, 5) is 2.62. The average molecular weight is 309 g/mol. The number of benzene rings is 1. The van der Waals surface area contributed by atoms with Gasteiger partial charge in [0.15, 0.2) is 0 Å². The van der Waals surface area contributed by atoms with Crippen LogP contribution in [0.15, 0.2) is 23.1 Å². The zero-order valence-corrected chi connectivity index (χ0v) is 13.2. The van der Waals surface area contributed by atoms with Crippen LogP contribution in [0.1, 0.15) is 32.1 Å². The zero-order valence-electron chi connectivity index (χ0n) is 12.4. The van der Waals surface area contributed by atoms with Crippen molar-refractivity contribution in [2.45, 2.75) is 43.0 Å². The summed E-state index contributed by atoms with van der Waals surface area (Å²) in [5.41, 5.74) is 7.67. The maximum atomic E-state index is 12.0. The quantitative estimate of drug-likeness (QED) is 0.837. The molecule has 6 heteroatoms. The normalized spacial score (nSPS) is 25.9. The highest BCUT2D eigenvalue weighted by atomic mass is 32.2. The molecule has 1 saturated heterocycles. The van der Waals surface area contributed by atoms with Gasteiger partial charge in [0, 0.05) is 12.6 Å². The minimum absolute atomic E-state index is 0.286. The second kappa shape index (κ2) is 5.50. The molecule has 2 fully saturated rings. The van der Waals surface area contributed by atoms with E-state index in [1.807, 2.05) is 0 Å². The zero-order chi connectivity index (χ0) is 15.0. The van der Waals surface area contributed by atoms with Crippen LogP contribution in [-0.4, -0.2) is 28.1 Å². The third-order valence-corrected chi connectivity index (χ3v) is 6.30. The molecule has 1 aromatic carbocycles. The highest BCUT2D eigenvalue weighted by Gasteiger charge is 2.35. The van der Waals surface area contributed by atoms with Gasteiger partial charge in [0.05, 0.1) is 16.3 Å². The molecule has 1 saturated carbocycles. The van der Waals surface area contributed by atoms with Gasteiger partial charge in [0.2, 0.25) is 10.0 Å². The molecular formula is C15H23N3O2S. The van der Waals surface area contributed by atoms with E-state index in [-0.39, 0.29) is 4.90 Å². The van der Waals surface area contributed by atoms with E-state index in [1.165, 1.54) is 32.7 Å². The molecule has 2 unspecified atom stereocenters. The molecule has 0 bridgehead atoms. The van der Waals surface area contributed by atoms with Crippen LogP contribution < -0.4 is 15.4 Å². The first-order valence-electron chi connectivity index (χ1n) is 7.62. The van der Waals surface area contributed by atoms with Crippen molar-refractivity contribution in [3.8, 4) is 0 Å². The summed E-state index contributed by atoms with van der Waals surface area (Å²) >= 11 is 0. The SMILES string of the molecule is CNS(=O)(=O)c1ccc(N)c(N2CCCC3CCCC32)c1. The van der Waals surface area contributed by atoms with Gasteiger partial charge >= 0.3 is 0 Å². The van der Waals surface area contributed by atoms with E-state index in [2.05, 4.69) is 9.62 Å². The number of hydrogen-bond donors (Lipinski definition) is 2. The Morgan fingerprint density at radius 2 is 2.00 bits per heavy atom. The van der Waals surface area contributed by atoms with Gasteiger partial charge in [-0.05, 0) is 56.8 Å². The van der Waals surface area contributed by atoms with Crippen molar-refractivity contribution in [1.82, 2.24) is 4.72 Å². The summed E-state index contributed by atoms with van der Waals surface area (Å²) in [6, 6.07) is 5.52. The van der Waals surface area contributed by atoms with Gasteiger partial charge in [-0.15, -0.1) is 0 Å². The Morgan fingerprint density at radius 3 is 2.76 bits per heavy atom. The van der Waals surface area contributed by atoms with E-state index in [0.29, 0.717) is 11.7 Å². The van der Waals surface area contributed by atoms with Crippen LogP contribution in [0.2, 0.25) is 0 Å². The fourth-order valence-electron chi connectivity index (χ4n) is 3.81. The standard InChI is InChI=1S/C15H23N3O2S/c1-17-21(19,20)12-7-8-13(16)15(10-12)18-9-3-5-11-4-2-6-14(11)18/h7-8,10-11,14,17H,2-6,9,16H2,1H3. The summed E-state index contributed by atoms with van der Waals surface area (Å²) < 4.78 is 26.4. The first kappa shape index (κ1) is 14.7. The molecule has 5 nitrogen and oxygen atoms in total. The molecule has 1 heterocycles. The number of sulfonamides is 1. The Bertz CT molecular complexity index is 630. The minimum atomic E-state index is -3.43. The second-order valence-corrected chi connectivity index (χ2v) is 7.91. The van der Waals surface area contributed by atoms with Crippen molar-refractivity contribution in [3.05, 3.63) is 18.2 Å². The van der Waals surface area contributed by atoms with Gasteiger partial charge in [-0.2, -0.15) is 0 Å². The summed E-state index contributed by atoms with van der Waals surface area (Å²) in [5, 5.41) is 0. The number of nitrogens with one attached hydrogen (secondary N) is 1. The highest BCUT2D eigenvalue weighted by molar-refractivity contribution is 7.89. The molecule has 1 aliphatic carbocycles. The highest BCUT2D eigenvalue weighted by Crippen LogP contribution is 2.41. The topological polar surface area (TPSA) is 75.4 Å². The number of anilines is 2. The summed E-state index contributed by atoms with van der Waals surface area (Å²) in [6.07, 6.45) is 6.18. The van der Waals surface area contributed by atoms with E-state index in [0.717, 1.165) is 24.6 Å². The van der Waals surface area contributed by atoms with Crippen LogP contribution in [0.5, 0.6) is 0 Å². The monoisotopic (exact) mass is 309 g/mol. The molecule has 0 amide bonds. The van der Waals surface area contributed by atoms with Gasteiger partial charge in [-0.1, -0.05) is 6.42 Å². The van der Waals surface area contributed by atoms with Crippen molar-refractivity contribution < 1.29 is 8.42 Å². The van der Waals surface area contributed by atoms with Crippen LogP contribution in [0.25, 0.3) is 0 Å². The lowest BCUT2D eigenvalue weighted by Crippen LogP contribution is -2.43. The van der Waals surface area contributed by atoms with Crippen LogP contribution >= 0.6 is 0 Å². The summed E-state index contributed by atoms with van der Waals surface area (Å²) in [7, 11) is -2.00. The van der Waals surface area contributed by atoms with Gasteiger partial charge in [-0.3, -0.25) is 0 Å². The van der Waals surface area contributed by atoms with Crippen LogP contribution in [0, 0.1) is 5.92 Å². The predicted octanol–water partition coefficient (Wildman–Crippen LogP) is 1.95. The predicted molar refractivity (Wildman–Crippen MR) is 84.8 cm³/mol. The molecule has 2 aliphatic rings. The number of nitrogens with two attached hydrogens (primary N) is 1. The van der Waals surface area contributed by atoms with Gasteiger partial charge < -0.3 is 10.6 Å². The lowest BCUT2D eigenvalue weighted by molar-refractivity contribution is 0.362. The fourth-order valence-corrected chi connectivity index (χ4v) is 4.56. The number of fused-ring (bicyclic) bond motifs is 1. The Kier molecular flexibility index (Phi) is 3.84. The number of nitrogens with zero attached hydrogens (tertiary/aromatic N) is 1. The second-order valence-electron chi connectivity index (χ2n) is 6.02. The minimum Gasteiger partial charge on any atom is -0.397 e. The average Bonchev–Trinajstić information content (AvgIpc) is 2.96. The van der Waals surface area contributed by atoms with Crippen LogP contribution in [0.4, 0.5) is 11.4 Å².